The molecule has 0 fully saturated rings. The number of nitrogens with one attached hydrogen (secondary N) is 1. The first kappa shape index (κ1) is 12.9. The Hall–Kier alpha value is -1.11. The molecule has 3 nitrogen and oxygen atoms in total. The lowest BCUT2D eigenvalue weighted by atomic mass is 10.0. The molecule has 2 aromatic heterocycles. The van der Waals surface area contributed by atoms with Gasteiger partial charge in [-0.2, -0.15) is 5.10 Å². The number of hydrogen-bond acceptors (Lipinski definition) is 3. The Morgan fingerprint density at radius 1 is 1.16 bits per heavy atom. The van der Waals surface area contributed by atoms with Crippen LogP contribution in [0.5, 0.6) is 0 Å². The van der Waals surface area contributed by atoms with Crippen LogP contribution in [-0.4, -0.2) is 10.2 Å². The number of thiophene rings is 1. The largest absolute Gasteiger partial charge is 0.382 e. The lowest BCUT2D eigenvalue weighted by Crippen LogP contribution is -1.88. The molecule has 0 aliphatic rings. The van der Waals surface area contributed by atoms with E-state index in [1.807, 2.05) is 24.3 Å². The van der Waals surface area contributed by atoms with Gasteiger partial charge in [0, 0.05) is 15.4 Å². The Bertz CT molecular complexity index is 733. The van der Waals surface area contributed by atoms with Gasteiger partial charge in [0.25, 0.3) is 0 Å². The van der Waals surface area contributed by atoms with Crippen LogP contribution in [0.3, 0.4) is 0 Å². The van der Waals surface area contributed by atoms with Crippen LogP contribution in [0.2, 0.25) is 0 Å². The number of nitrogens with zero attached hydrogens (tertiary/aromatic N) is 1. The van der Waals surface area contributed by atoms with Crippen molar-refractivity contribution in [3.63, 3.8) is 0 Å². The maximum absolute atomic E-state index is 6.00. The number of nitrogens with two attached hydrogens (primary N) is 1. The van der Waals surface area contributed by atoms with E-state index in [1.165, 1.54) is 0 Å². The average molecular weight is 399 g/mol. The number of rotatable bonds is 2. The molecule has 0 amide bonds. The first-order valence-corrected chi connectivity index (χ1v) is 7.96. The van der Waals surface area contributed by atoms with Crippen molar-refractivity contribution in [1.82, 2.24) is 10.2 Å². The monoisotopic (exact) mass is 397 g/mol. The smallest absolute Gasteiger partial charge is 0.153 e. The summed E-state index contributed by atoms with van der Waals surface area (Å²) >= 11 is 8.59. The summed E-state index contributed by atoms with van der Waals surface area (Å²) < 4.78 is 2.10. The molecule has 0 bridgehead atoms. The van der Waals surface area contributed by atoms with Crippen LogP contribution in [0.4, 0.5) is 5.82 Å². The fraction of sp³-hybridized carbons (Fsp3) is 0. The zero-order valence-corrected chi connectivity index (χ0v) is 13.6. The first-order chi connectivity index (χ1) is 9.15. The van der Waals surface area contributed by atoms with Gasteiger partial charge in [-0.05, 0) is 39.7 Å². The van der Waals surface area contributed by atoms with Gasteiger partial charge < -0.3 is 5.73 Å². The summed E-state index contributed by atoms with van der Waals surface area (Å²) in [5.74, 6) is 0.510. The number of anilines is 1. The second-order valence-corrected chi connectivity index (χ2v) is 7.21. The number of benzene rings is 1. The van der Waals surface area contributed by atoms with Crippen LogP contribution in [0.15, 0.2) is 44.0 Å². The number of H-pyrrole nitrogens is 1. The van der Waals surface area contributed by atoms with Crippen LogP contribution >= 0.6 is 43.2 Å². The van der Waals surface area contributed by atoms with E-state index in [0.29, 0.717) is 5.82 Å². The highest BCUT2D eigenvalue weighted by atomic mass is 79.9. The van der Waals surface area contributed by atoms with Gasteiger partial charge in [0.2, 0.25) is 0 Å². The summed E-state index contributed by atoms with van der Waals surface area (Å²) in [6, 6.07) is 10.1. The minimum absolute atomic E-state index is 0.510. The number of halogens is 2. The average Bonchev–Trinajstić information content (AvgIpc) is 2.95. The highest BCUT2D eigenvalue weighted by molar-refractivity contribution is 9.11. The van der Waals surface area contributed by atoms with E-state index in [-0.39, 0.29) is 0 Å². The second kappa shape index (κ2) is 5.11. The molecular weight excluding hydrogens is 390 g/mol. The molecule has 0 atom stereocenters. The molecule has 0 unspecified atom stereocenters. The Labute approximate surface area is 131 Å². The summed E-state index contributed by atoms with van der Waals surface area (Å²) in [5, 5.41) is 9.22. The van der Waals surface area contributed by atoms with Gasteiger partial charge in [0.05, 0.1) is 15.0 Å². The first-order valence-electron chi connectivity index (χ1n) is 5.49. The van der Waals surface area contributed by atoms with Crippen molar-refractivity contribution in [2.45, 2.75) is 0 Å². The lowest BCUT2D eigenvalue weighted by Gasteiger charge is -2.03. The van der Waals surface area contributed by atoms with Crippen LogP contribution < -0.4 is 5.73 Å². The molecule has 0 saturated carbocycles. The van der Waals surface area contributed by atoms with Crippen molar-refractivity contribution >= 4 is 49.0 Å². The summed E-state index contributed by atoms with van der Waals surface area (Å²) in [6.07, 6.45) is 0. The molecule has 0 saturated heterocycles. The van der Waals surface area contributed by atoms with Gasteiger partial charge in [0.1, 0.15) is 0 Å². The van der Waals surface area contributed by atoms with Gasteiger partial charge in [-0.15, -0.1) is 11.3 Å². The highest BCUT2D eigenvalue weighted by Gasteiger charge is 2.15. The molecule has 3 aromatic rings. The van der Waals surface area contributed by atoms with Crippen LogP contribution in [0, 0.1) is 0 Å². The minimum Gasteiger partial charge on any atom is -0.382 e. The Morgan fingerprint density at radius 2 is 2.00 bits per heavy atom. The maximum Gasteiger partial charge on any atom is 0.153 e. The van der Waals surface area contributed by atoms with Crippen LogP contribution in [0.25, 0.3) is 22.4 Å². The van der Waals surface area contributed by atoms with Gasteiger partial charge in [-0.3, -0.25) is 5.10 Å². The summed E-state index contributed by atoms with van der Waals surface area (Å²) in [5.41, 5.74) is 10.00. The van der Waals surface area contributed by atoms with Crippen LogP contribution in [0.1, 0.15) is 0 Å². The Balaban J connectivity index is 2.19. The Morgan fingerprint density at radius 3 is 2.68 bits per heavy atom. The topological polar surface area (TPSA) is 54.7 Å². The van der Waals surface area contributed by atoms with Gasteiger partial charge in [0.15, 0.2) is 5.82 Å². The van der Waals surface area contributed by atoms with E-state index in [4.69, 9.17) is 5.73 Å². The van der Waals surface area contributed by atoms with E-state index in [1.54, 1.807) is 11.3 Å². The summed E-state index contributed by atoms with van der Waals surface area (Å²) in [7, 11) is 0. The SMILES string of the molecule is Nc1n[nH]c(-c2csc(Br)c2)c1-c1cccc(Br)c1. The number of nitrogen functional groups attached to an aromatic ring is 1. The summed E-state index contributed by atoms with van der Waals surface area (Å²) in [6.45, 7) is 0. The number of aromatic nitrogens is 2. The molecule has 3 N–H and O–H groups in total. The third-order valence-electron chi connectivity index (χ3n) is 2.76. The molecular formula is C13H9Br2N3S. The molecule has 1 aromatic carbocycles. The fourth-order valence-corrected chi connectivity index (χ4v) is 3.49. The molecule has 0 aliphatic heterocycles. The summed E-state index contributed by atoms with van der Waals surface area (Å²) in [4.78, 5) is 0. The zero-order valence-electron chi connectivity index (χ0n) is 9.65. The van der Waals surface area contributed by atoms with E-state index in [0.717, 1.165) is 30.6 Å². The lowest BCUT2D eigenvalue weighted by molar-refractivity contribution is 1.10. The molecule has 2 heterocycles. The van der Waals surface area contributed by atoms with Gasteiger partial charge >= 0.3 is 0 Å². The van der Waals surface area contributed by atoms with Crippen molar-refractivity contribution < 1.29 is 0 Å². The fourth-order valence-electron chi connectivity index (χ4n) is 1.94. The van der Waals surface area contributed by atoms with E-state index in [9.17, 15) is 0 Å². The minimum atomic E-state index is 0.510. The Kier molecular flexibility index (Phi) is 3.47. The van der Waals surface area contributed by atoms with E-state index < -0.39 is 0 Å². The second-order valence-electron chi connectivity index (χ2n) is 4.01. The normalized spacial score (nSPS) is 10.8. The quantitative estimate of drug-likeness (QED) is 0.644. The van der Waals surface area contributed by atoms with Gasteiger partial charge in [-0.1, -0.05) is 28.1 Å². The van der Waals surface area contributed by atoms with Crippen LogP contribution in [-0.2, 0) is 0 Å². The third kappa shape index (κ3) is 2.48. The van der Waals surface area contributed by atoms with E-state index >= 15 is 0 Å². The predicted octanol–water partition coefficient (Wildman–Crippen LogP) is 4.91. The predicted molar refractivity (Wildman–Crippen MR) is 87.1 cm³/mol. The van der Waals surface area contributed by atoms with Crippen molar-refractivity contribution in [3.05, 3.63) is 44.0 Å². The number of aromatic amines is 1. The van der Waals surface area contributed by atoms with Crippen molar-refractivity contribution in [2.75, 3.05) is 5.73 Å². The molecule has 19 heavy (non-hydrogen) atoms. The van der Waals surface area contributed by atoms with Gasteiger partial charge in [-0.25, -0.2) is 0 Å². The highest BCUT2D eigenvalue weighted by Crippen LogP contribution is 2.38. The molecule has 3 rings (SSSR count). The molecule has 0 spiro atoms. The van der Waals surface area contributed by atoms with Crippen molar-refractivity contribution in [3.8, 4) is 22.4 Å². The molecule has 96 valence electrons. The number of hydrogen-bond donors (Lipinski definition) is 2. The third-order valence-corrected chi connectivity index (χ3v) is 4.76. The molecule has 0 aliphatic carbocycles. The standard InChI is InChI=1S/C13H9Br2N3S/c14-9-3-1-2-7(4-9)11-12(17-18-13(11)16)8-5-10(15)19-6-8/h1-6H,(H3,16,17,18). The van der Waals surface area contributed by atoms with E-state index in [2.05, 4.69) is 53.5 Å². The zero-order chi connectivity index (χ0) is 13.4. The molecule has 0 radical (unpaired) electrons. The van der Waals surface area contributed by atoms with Crippen molar-refractivity contribution in [2.24, 2.45) is 0 Å². The van der Waals surface area contributed by atoms with Crippen molar-refractivity contribution in [1.29, 1.82) is 0 Å². The maximum atomic E-state index is 6.00. The molecule has 6 heteroatoms.